The summed E-state index contributed by atoms with van der Waals surface area (Å²) in [7, 11) is 0. The summed E-state index contributed by atoms with van der Waals surface area (Å²) in [6.07, 6.45) is 0. The van der Waals surface area contributed by atoms with Crippen molar-refractivity contribution in [1.82, 2.24) is 15.0 Å². The van der Waals surface area contributed by atoms with E-state index >= 15 is 0 Å². The van der Waals surface area contributed by atoms with E-state index in [0.29, 0.717) is 0 Å². The summed E-state index contributed by atoms with van der Waals surface area (Å²) >= 11 is 0. The fraction of sp³-hybridized carbons (Fsp3) is 0.333. The number of aryl methyl sites for hydroxylation is 2. The highest BCUT2D eigenvalue weighted by atomic mass is 16.5. The number of carbonyl (C=O) groups excluding carboxylic acids is 1. The number of piperazine rings is 1. The molecule has 0 bridgehead atoms. The maximum atomic E-state index is 13.5. The van der Waals surface area contributed by atoms with Gasteiger partial charge in [-0.05, 0) is 25.0 Å². The SMILES string of the molecule is Cc1noc(C)c1CN1CCN(C(=O)C(c2ccccc2)c2ccccc2)CC1. The molecule has 0 saturated carbocycles. The van der Waals surface area contributed by atoms with Crippen LogP contribution in [0.3, 0.4) is 0 Å². The van der Waals surface area contributed by atoms with Crippen LogP contribution in [0.5, 0.6) is 0 Å². The van der Waals surface area contributed by atoms with Gasteiger partial charge in [0, 0.05) is 38.3 Å². The number of carbonyl (C=O) groups is 1. The molecule has 1 aliphatic rings. The summed E-state index contributed by atoms with van der Waals surface area (Å²) < 4.78 is 5.28. The summed E-state index contributed by atoms with van der Waals surface area (Å²) in [6.45, 7) is 7.94. The normalized spacial score (nSPS) is 15.1. The smallest absolute Gasteiger partial charge is 0.234 e. The lowest BCUT2D eigenvalue weighted by molar-refractivity contribution is -0.133. The molecular weight excluding hydrogens is 362 g/mol. The van der Waals surface area contributed by atoms with Crippen LogP contribution in [0.4, 0.5) is 0 Å². The lowest BCUT2D eigenvalue weighted by Crippen LogP contribution is -2.49. The summed E-state index contributed by atoms with van der Waals surface area (Å²) in [5.74, 6) is 0.806. The van der Waals surface area contributed by atoms with Crippen molar-refractivity contribution in [1.29, 1.82) is 0 Å². The molecule has 4 rings (SSSR count). The van der Waals surface area contributed by atoms with Gasteiger partial charge in [0.25, 0.3) is 0 Å². The van der Waals surface area contributed by atoms with Gasteiger partial charge in [-0.25, -0.2) is 0 Å². The van der Waals surface area contributed by atoms with Crippen molar-refractivity contribution in [2.24, 2.45) is 0 Å². The zero-order valence-electron chi connectivity index (χ0n) is 17.0. The Labute approximate surface area is 171 Å². The van der Waals surface area contributed by atoms with Crippen molar-refractivity contribution in [3.8, 4) is 0 Å². The highest BCUT2D eigenvalue weighted by Gasteiger charge is 2.30. The molecule has 2 aromatic carbocycles. The molecular formula is C24H27N3O2. The highest BCUT2D eigenvalue weighted by molar-refractivity contribution is 5.87. The summed E-state index contributed by atoms with van der Waals surface area (Å²) in [6, 6.07) is 20.2. The zero-order valence-corrected chi connectivity index (χ0v) is 17.0. The maximum absolute atomic E-state index is 13.5. The monoisotopic (exact) mass is 389 g/mol. The van der Waals surface area contributed by atoms with Gasteiger partial charge in [0.05, 0.1) is 11.6 Å². The van der Waals surface area contributed by atoms with Crippen LogP contribution in [0.1, 0.15) is 34.1 Å². The van der Waals surface area contributed by atoms with Crippen LogP contribution in [0.25, 0.3) is 0 Å². The van der Waals surface area contributed by atoms with Gasteiger partial charge in [0.1, 0.15) is 5.76 Å². The largest absolute Gasteiger partial charge is 0.361 e. The Morgan fingerprint density at radius 1 is 0.931 bits per heavy atom. The second-order valence-corrected chi connectivity index (χ2v) is 7.66. The Hall–Kier alpha value is -2.92. The Balaban J connectivity index is 1.47. The van der Waals surface area contributed by atoms with Crippen LogP contribution < -0.4 is 0 Å². The Morgan fingerprint density at radius 3 is 1.97 bits per heavy atom. The van der Waals surface area contributed by atoms with Crippen LogP contribution >= 0.6 is 0 Å². The van der Waals surface area contributed by atoms with Crippen LogP contribution in [0, 0.1) is 13.8 Å². The predicted octanol–water partition coefficient (Wildman–Crippen LogP) is 3.77. The van der Waals surface area contributed by atoms with Gasteiger partial charge in [-0.15, -0.1) is 0 Å². The third kappa shape index (κ3) is 4.25. The standard InChI is InChI=1S/C24H27N3O2/c1-18-22(19(2)29-25-18)17-26-13-15-27(16-14-26)24(28)23(20-9-5-3-6-10-20)21-11-7-4-8-12-21/h3-12,23H,13-17H2,1-2H3. The van der Waals surface area contributed by atoms with Crippen LogP contribution in [-0.4, -0.2) is 47.0 Å². The molecule has 0 unspecified atom stereocenters. The van der Waals surface area contributed by atoms with Crippen LogP contribution in [0.2, 0.25) is 0 Å². The molecule has 0 spiro atoms. The van der Waals surface area contributed by atoms with E-state index < -0.39 is 0 Å². The van der Waals surface area contributed by atoms with Gasteiger partial charge in [-0.2, -0.15) is 0 Å². The number of nitrogens with zero attached hydrogens (tertiary/aromatic N) is 3. The summed E-state index contributed by atoms with van der Waals surface area (Å²) in [4.78, 5) is 17.9. The average molecular weight is 389 g/mol. The first kappa shape index (κ1) is 19.4. The first-order chi connectivity index (χ1) is 14.1. The van der Waals surface area contributed by atoms with Gasteiger partial charge < -0.3 is 9.42 Å². The van der Waals surface area contributed by atoms with E-state index in [4.69, 9.17) is 4.52 Å². The molecule has 0 N–H and O–H groups in total. The third-order valence-corrected chi connectivity index (χ3v) is 5.76. The fourth-order valence-corrected chi connectivity index (χ4v) is 4.03. The molecule has 0 atom stereocenters. The molecule has 5 nitrogen and oxygen atoms in total. The van der Waals surface area contributed by atoms with Crippen molar-refractivity contribution < 1.29 is 9.32 Å². The minimum Gasteiger partial charge on any atom is -0.361 e. The fourth-order valence-electron chi connectivity index (χ4n) is 4.03. The molecule has 2 heterocycles. The Morgan fingerprint density at radius 2 is 1.48 bits per heavy atom. The number of amides is 1. The lowest BCUT2D eigenvalue weighted by Gasteiger charge is -2.36. The molecule has 1 aliphatic heterocycles. The van der Waals surface area contributed by atoms with E-state index in [2.05, 4.69) is 10.1 Å². The molecule has 5 heteroatoms. The lowest BCUT2D eigenvalue weighted by atomic mass is 9.90. The molecule has 1 amide bonds. The topological polar surface area (TPSA) is 49.6 Å². The molecule has 3 aromatic rings. The summed E-state index contributed by atoms with van der Waals surface area (Å²) in [5, 5.41) is 4.05. The first-order valence-electron chi connectivity index (χ1n) is 10.2. The number of benzene rings is 2. The predicted molar refractivity (Wildman–Crippen MR) is 113 cm³/mol. The van der Waals surface area contributed by atoms with Crippen molar-refractivity contribution >= 4 is 5.91 Å². The second kappa shape index (κ2) is 8.62. The van der Waals surface area contributed by atoms with Crippen LogP contribution in [-0.2, 0) is 11.3 Å². The van der Waals surface area contributed by atoms with E-state index in [1.165, 1.54) is 0 Å². The number of hydrogen-bond acceptors (Lipinski definition) is 4. The van der Waals surface area contributed by atoms with Crippen molar-refractivity contribution in [3.63, 3.8) is 0 Å². The minimum atomic E-state index is -0.258. The van der Waals surface area contributed by atoms with Gasteiger partial charge in [-0.1, -0.05) is 65.8 Å². The van der Waals surface area contributed by atoms with Gasteiger partial charge in [-0.3, -0.25) is 9.69 Å². The van der Waals surface area contributed by atoms with Crippen LogP contribution in [0.15, 0.2) is 65.2 Å². The maximum Gasteiger partial charge on any atom is 0.234 e. The van der Waals surface area contributed by atoms with E-state index in [0.717, 1.165) is 60.9 Å². The van der Waals surface area contributed by atoms with E-state index in [9.17, 15) is 4.79 Å². The molecule has 29 heavy (non-hydrogen) atoms. The van der Waals surface area contributed by atoms with Crippen molar-refractivity contribution in [3.05, 3.63) is 88.8 Å². The second-order valence-electron chi connectivity index (χ2n) is 7.66. The van der Waals surface area contributed by atoms with Gasteiger partial charge in [0.2, 0.25) is 5.91 Å². The van der Waals surface area contributed by atoms with Crippen molar-refractivity contribution in [2.75, 3.05) is 26.2 Å². The molecule has 0 radical (unpaired) electrons. The Bertz CT molecular complexity index is 886. The van der Waals surface area contributed by atoms with Crippen molar-refractivity contribution in [2.45, 2.75) is 26.3 Å². The van der Waals surface area contributed by atoms with Gasteiger partial charge >= 0.3 is 0 Å². The molecule has 0 aliphatic carbocycles. The quantitative estimate of drug-likeness (QED) is 0.667. The number of rotatable bonds is 5. The highest BCUT2D eigenvalue weighted by Crippen LogP contribution is 2.27. The molecule has 1 saturated heterocycles. The van der Waals surface area contributed by atoms with Gasteiger partial charge in [0.15, 0.2) is 0 Å². The number of hydrogen-bond donors (Lipinski definition) is 0. The first-order valence-corrected chi connectivity index (χ1v) is 10.2. The minimum absolute atomic E-state index is 0.180. The zero-order chi connectivity index (χ0) is 20.2. The molecule has 150 valence electrons. The number of aromatic nitrogens is 1. The van der Waals surface area contributed by atoms with E-state index in [1.807, 2.05) is 79.4 Å². The summed E-state index contributed by atoms with van der Waals surface area (Å²) in [5.41, 5.74) is 4.20. The average Bonchev–Trinajstić information content (AvgIpc) is 3.08. The third-order valence-electron chi connectivity index (χ3n) is 5.76. The molecule has 1 fully saturated rings. The molecule has 1 aromatic heterocycles. The Kier molecular flexibility index (Phi) is 5.76. The van der Waals surface area contributed by atoms with E-state index in [1.54, 1.807) is 0 Å². The van der Waals surface area contributed by atoms with E-state index in [-0.39, 0.29) is 11.8 Å².